The van der Waals surface area contributed by atoms with Crippen molar-refractivity contribution in [1.82, 2.24) is 4.57 Å². The summed E-state index contributed by atoms with van der Waals surface area (Å²) in [4.78, 5) is 0. The molecule has 1 aromatic heterocycles. The Morgan fingerprint density at radius 3 is 0.818 bits per heavy atom. The molecule has 0 amide bonds. The number of fused-ring (bicyclic) bond motifs is 13. The molecular formula is C54H61N. The van der Waals surface area contributed by atoms with Gasteiger partial charge in [-0.1, -0.05) is 165 Å². The summed E-state index contributed by atoms with van der Waals surface area (Å²) in [7, 11) is 0. The maximum Gasteiger partial charge on any atom is 0.0626 e. The largest absolute Gasteiger partial charge is 0.308 e. The van der Waals surface area contributed by atoms with Crippen LogP contribution in [-0.2, 0) is 27.1 Å². The van der Waals surface area contributed by atoms with Gasteiger partial charge in [0.05, 0.1) is 11.0 Å². The molecule has 8 aromatic rings. The van der Waals surface area contributed by atoms with Crippen LogP contribution in [-0.4, -0.2) is 4.57 Å². The van der Waals surface area contributed by atoms with Crippen molar-refractivity contribution in [2.75, 3.05) is 0 Å². The van der Waals surface area contributed by atoms with E-state index in [1.165, 1.54) is 98.4 Å². The van der Waals surface area contributed by atoms with Gasteiger partial charge in [-0.15, -0.1) is 0 Å². The monoisotopic (exact) mass is 723 g/mol. The molecule has 0 saturated heterocycles. The van der Waals surface area contributed by atoms with Gasteiger partial charge in [0.15, 0.2) is 0 Å². The Kier molecular flexibility index (Phi) is 8.10. The van der Waals surface area contributed by atoms with Crippen LogP contribution in [0.4, 0.5) is 0 Å². The summed E-state index contributed by atoms with van der Waals surface area (Å²) < 4.78 is 2.63. The average Bonchev–Trinajstić information content (AvgIpc) is 3.46. The van der Waals surface area contributed by atoms with Gasteiger partial charge in [-0.05, 0) is 124 Å². The highest BCUT2D eigenvalue weighted by atomic mass is 15.0. The molecule has 7 aromatic carbocycles. The highest BCUT2D eigenvalue weighted by Crippen LogP contribution is 2.49. The fourth-order valence-electron chi connectivity index (χ4n) is 8.76. The lowest BCUT2D eigenvalue weighted by Gasteiger charge is -2.23. The lowest BCUT2D eigenvalue weighted by atomic mass is 9.81. The Morgan fingerprint density at radius 2 is 0.527 bits per heavy atom. The van der Waals surface area contributed by atoms with E-state index in [0.29, 0.717) is 0 Å². The molecule has 0 aliphatic carbocycles. The molecule has 0 bridgehead atoms. The van der Waals surface area contributed by atoms with Gasteiger partial charge in [0.1, 0.15) is 0 Å². The summed E-state index contributed by atoms with van der Waals surface area (Å²) in [5.74, 6) is 0. The molecule has 1 nitrogen and oxygen atoms in total. The Morgan fingerprint density at radius 1 is 0.273 bits per heavy atom. The molecule has 1 heteroatoms. The number of hydrogen-bond acceptors (Lipinski definition) is 0. The fraction of sp³-hybridized carbons (Fsp3) is 0.370. The smallest absolute Gasteiger partial charge is 0.0626 e. The zero-order valence-electron chi connectivity index (χ0n) is 36.2. The molecule has 0 N–H and O–H groups in total. The second kappa shape index (κ2) is 11.9. The number of aromatic nitrogens is 1. The first-order valence-electron chi connectivity index (χ1n) is 20.4. The van der Waals surface area contributed by atoms with Gasteiger partial charge in [0.2, 0.25) is 0 Å². The van der Waals surface area contributed by atoms with Crippen LogP contribution in [0.3, 0.4) is 0 Å². The molecule has 0 fully saturated rings. The SMILES string of the molecule is CC(C)(C)c1ccc(-n2c3c4ccc(C(C)(C)C)cc4c4cc(C(C)(C)C)ccc4c3c3c4ccc(C(C)(C)C)cc4c4cc(C(C)(C)C)ccc4c32)cc1. The molecule has 0 aliphatic rings. The summed E-state index contributed by atoms with van der Waals surface area (Å²) in [6, 6.07) is 38.7. The van der Waals surface area contributed by atoms with Crippen molar-refractivity contribution in [1.29, 1.82) is 0 Å². The van der Waals surface area contributed by atoms with Gasteiger partial charge in [0, 0.05) is 27.2 Å². The molecule has 55 heavy (non-hydrogen) atoms. The number of nitrogens with zero attached hydrogens (tertiary/aromatic N) is 1. The van der Waals surface area contributed by atoms with E-state index in [1.807, 2.05) is 0 Å². The van der Waals surface area contributed by atoms with Gasteiger partial charge >= 0.3 is 0 Å². The van der Waals surface area contributed by atoms with Crippen molar-refractivity contribution in [2.45, 2.75) is 131 Å². The van der Waals surface area contributed by atoms with Crippen LogP contribution < -0.4 is 0 Å². The second-order valence-electron chi connectivity index (χ2n) is 21.6. The summed E-state index contributed by atoms with van der Waals surface area (Å²) >= 11 is 0. The first-order valence-corrected chi connectivity index (χ1v) is 20.4. The molecule has 0 spiro atoms. The van der Waals surface area contributed by atoms with Crippen molar-refractivity contribution in [3.63, 3.8) is 0 Å². The van der Waals surface area contributed by atoms with Crippen molar-refractivity contribution in [3.05, 3.63) is 125 Å². The zero-order valence-corrected chi connectivity index (χ0v) is 36.2. The molecule has 8 rings (SSSR count). The van der Waals surface area contributed by atoms with E-state index < -0.39 is 0 Å². The Labute approximate surface area is 329 Å². The van der Waals surface area contributed by atoms with Crippen LogP contribution in [0.25, 0.3) is 70.6 Å². The maximum atomic E-state index is 2.63. The molecule has 282 valence electrons. The quantitative estimate of drug-likeness (QED) is 0.149. The van der Waals surface area contributed by atoms with E-state index in [-0.39, 0.29) is 27.1 Å². The molecule has 0 unspecified atom stereocenters. The van der Waals surface area contributed by atoms with Gasteiger partial charge in [-0.25, -0.2) is 0 Å². The minimum absolute atomic E-state index is 0.0224. The third kappa shape index (κ3) is 6.05. The Balaban J connectivity index is 1.71. The molecule has 1 heterocycles. The summed E-state index contributed by atoms with van der Waals surface area (Å²) in [5.41, 5.74) is 10.7. The van der Waals surface area contributed by atoms with Gasteiger partial charge in [-0.3, -0.25) is 0 Å². The lowest BCUT2D eigenvalue weighted by molar-refractivity contribution is 0.590. The zero-order chi connectivity index (χ0) is 39.8. The van der Waals surface area contributed by atoms with Crippen molar-refractivity contribution >= 4 is 64.9 Å². The van der Waals surface area contributed by atoms with E-state index in [2.05, 4.69) is 205 Å². The normalized spacial score (nSPS) is 13.7. The predicted molar refractivity (Wildman–Crippen MR) is 244 cm³/mol. The van der Waals surface area contributed by atoms with Crippen LogP contribution in [0, 0.1) is 0 Å². The van der Waals surface area contributed by atoms with Crippen LogP contribution in [0.15, 0.2) is 97.1 Å². The first kappa shape index (κ1) is 37.3. The third-order valence-electron chi connectivity index (χ3n) is 12.3. The van der Waals surface area contributed by atoms with Gasteiger partial charge in [-0.2, -0.15) is 0 Å². The van der Waals surface area contributed by atoms with Crippen molar-refractivity contribution < 1.29 is 0 Å². The molecular weight excluding hydrogens is 663 g/mol. The van der Waals surface area contributed by atoms with E-state index in [4.69, 9.17) is 0 Å². The fourth-order valence-corrected chi connectivity index (χ4v) is 8.76. The van der Waals surface area contributed by atoms with E-state index in [1.54, 1.807) is 0 Å². The highest BCUT2D eigenvalue weighted by molar-refractivity contribution is 6.40. The van der Waals surface area contributed by atoms with Gasteiger partial charge < -0.3 is 4.57 Å². The lowest BCUT2D eigenvalue weighted by Crippen LogP contribution is -2.12. The molecule has 0 atom stereocenters. The van der Waals surface area contributed by atoms with Gasteiger partial charge in [0.25, 0.3) is 0 Å². The van der Waals surface area contributed by atoms with Crippen LogP contribution >= 0.6 is 0 Å². The Hall–Kier alpha value is -4.62. The molecule has 0 aliphatic heterocycles. The topological polar surface area (TPSA) is 4.93 Å². The predicted octanol–water partition coefficient (Wildman–Crippen LogP) is 15.9. The number of hydrogen-bond donors (Lipinski definition) is 0. The van der Waals surface area contributed by atoms with E-state index in [9.17, 15) is 0 Å². The van der Waals surface area contributed by atoms with Crippen LogP contribution in [0.1, 0.15) is 132 Å². The average molecular weight is 724 g/mol. The number of rotatable bonds is 1. The van der Waals surface area contributed by atoms with Crippen LogP contribution in [0.5, 0.6) is 0 Å². The standard InChI is InChI=1S/C54H61N/c1-50(2,3)32-16-22-37(23-17-32)55-48-40-26-20-35(53(10,11)12)30-44(40)42-28-33(51(4,5)6)18-24-38(42)46(48)47-39-25-19-34(52(7,8)9)29-43(39)45-31-36(54(13,14)15)21-27-41(45)49(47)55/h16-31H,1-15H3. The molecule has 0 saturated carbocycles. The third-order valence-corrected chi connectivity index (χ3v) is 12.3. The van der Waals surface area contributed by atoms with E-state index >= 15 is 0 Å². The highest BCUT2D eigenvalue weighted by Gasteiger charge is 2.27. The summed E-state index contributed by atoms with van der Waals surface area (Å²) in [6.07, 6.45) is 0. The Bertz CT molecular complexity index is 2670. The second-order valence-corrected chi connectivity index (χ2v) is 21.6. The van der Waals surface area contributed by atoms with Crippen molar-refractivity contribution in [2.24, 2.45) is 0 Å². The first-order chi connectivity index (χ1) is 25.4. The molecule has 0 radical (unpaired) electrons. The maximum absolute atomic E-state index is 2.63. The number of benzene rings is 7. The van der Waals surface area contributed by atoms with Crippen LogP contribution in [0.2, 0.25) is 0 Å². The minimum atomic E-state index is 0.0224. The van der Waals surface area contributed by atoms with Crippen molar-refractivity contribution in [3.8, 4) is 5.69 Å². The van der Waals surface area contributed by atoms with E-state index in [0.717, 1.165) is 0 Å². The minimum Gasteiger partial charge on any atom is -0.308 e. The summed E-state index contributed by atoms with van der Waals surface area (Å²) in [5, 5.41) is 13.3. The summed E-state index contributed by atoms with van der Waals surface area (Å²) in [6.45, 7) is 34.9.